The summed E-state index contributed by atoms with van der Waals surface area (Å²) in [5.41, 5.74) is 1.06. The Balaban J connectivity index is 2.39. The van der Waals surface area contributed by atoms with E-state index in [9.17, 15) is 4.39 Å². The molecule has 1 rings (SSSR count). The van der Waals surface area contributed by atoms with Crippen molar-refractivity contribution in [3.63, 3.8) is 0 Å². The fourth-order valence-corrected chi connectivity index (χ4v) is 1.66. The van der Waals surface area contributed by atoms with E-state index >= 15 is 0 Å². The topological polar surface area (TPSA) is 12.0 Å². The van der Waals surface area contributed by atoms with Gasteiger partial charge in [0.2, 0.25) is 0 Å². The van der Waals surface area contributed by atoms with Gasteiger partial charge in [0.15, 0.2) is 0 Å². The minimum atomic E-state index is -0.220. The van der Waals surface area contributed by atoms with Gasteiger partial charge in [-0.05, 0) is 24.6 Å². The summed E-state index contributed by atoms with van der Waals surface area (Å²) in [4.78, 5) is 0. The Morgan fingerprint density at radius 3 is 2.93 bits per heavy atom. The molecule has 0 aliphatic rings. The Hall–Kier alpha value is -0.850. The second-order valence-electron chi connectivity index (χ2n) is 3.09. The molecule has 0 saturated heterocycles. The van der Waals surface area contributed by atoms with Crippen LogP contribution in [0.4, 0.5) is 4.39 Å². The molecule has 1 nitrogen and oxygen atoms in total. The molecule has 0 spiro atoms. The maximum atomic E-state index is 12.8. The van der Waals surface area contributed by atoms with Gasteiger partial charge in [0.1, 0.15) is 5.82 Å². The first kappa shape index (κ1) is 12.2. The fraction of sp³-hybridized carbons (Fsp3) is 0.333. The SMILES string of the molecule is CC#CCCNCc1ccc(F)cc1Br. The number of nitrogens with one attached hydrogen (secondary N) is 1. The molecule has 1 N–H and O–H groups in total. The summed E-state index contributed by atoms with van der Waals surface area (Å²) in [5, 5.41) is 3.24. The van der Waals surface area contributed by atoms with E-state index in [0.717, 1.165) is 29.5 Å². The summed E-state index contributed by atoms with van der Waals surface area (Å²) in [6.07, 6.45) is 0.843. The normalized spacial score (nSPS) is 9.53. The third-order valence-electron chi connectivity index (χ3n) is 1.93. The number of hydrogen-bond acceptors (Lipinski definition) is 1. The lowest BCUT2D eigenvalue weighted by atomic mass is 10.2. The van der Waals surface area contributed by atoms with Gasteiger partial charge in [-0.25, -0.2) is 4.39 Å². The highest BCUT2D eigenvalue weighted by Gasteiger charge is 2.00. The molecule has 0 fully saturated rings. The Morgan fingerprint density at radius 1 is 1.47 bits per heavy atom. The van der Waals surface area contributed by atoms with Gasteiger partial charge < -0.3 is 5.32 Å². The van der Waals surface area contributed by atoms with Crippen LogP contribution < -0.4 is 5.32 Å². The van der Waals surface area contributed by atoms with Crippen molar-refractivity contribution in [2.75, 3.05) is 6.54 Å². The number of halogens is 2. The zero-order chi connectivity index (χ0) is 11.1. The van der Waals surface area contributed by atoms with Gasteiger partial charge in [0.05, 0.1) is 0 Å². The first-order chi connectivity index (χ1) is 7.24. The van der Waals surface area contributed by atoms with Crippen LogP contribution in [-0.4, -0.2) is 6.54 Å². The van der Waals surface area contributed by atoms with Crippen LogP contribution in [-0.2, 0) is 6.54 Å². The third kappa shape index (κ3) is 4.46. The average molecular weight is 270 g/mol. The van der Waals surface area contributed by atoms with Gasteiger partial charge in [-0.2, -0.15) is 0 Å². The largest absolute Gasteiger partial charge is 0.312 e. The summed E-state index contributed by atoms with van der Waals surface area (Å²) in [7, 11) is 0. The average Bonchev–Trinajstić information content (AvgIpc) is 2.20. The fourth-order valence-electron chi connectivity index (χ4n) is 1.16. The second kappa shape index (κ2) is 6.60. The molecule has 1 aromatic carbocycles. The molecule has 3 heteroatoms. The van der Waals surface area contributed by atoms with Crippen LogP contribution in [0.1, 0.15) is 18.9 Å². The predicted octanol–water partition coefficient (Wildman–Crippen LogP) is 3.09. The second-order valence-corrected chi connectivity index (χ2v) is 3.94. The molecule has 0 saturated carbocycles. The van der Waals surface area contributed by atoms with Crippen LogP contribution in [0.25, 0.3) is 0 Å². The van der Waals surface area contributed by atoms with Gasteiger partial charge in [0, 0.05) is 24.0 Å². The number of rotatable bonds is 4. The predicted molar refractivity (Wildman–Crippen MR) is 63.9 cm³/mol. The van der Waals surface area contributed by atoms with Crippen LogP contribution in [0.3, 0.4) is 0 Å². The van der Waals surface area contributed by atoms with E-state index in [0.29, 0.717) is 0 Å². The zero-order valence-electron chi connectivity index (χ0n) is 8.61. The highest BCUT2D eigenvalue weighted by atomic mass is 79.9. The van der Waals surface area contributed by atoms with Crippen molar-refractivity contribution in [2.45, 2.75) is 19.9 Å². The maximum absolute atomic E-state index is 12.8. The molecule has 0 amide bonds. The van der Waals surface area contributed by atoms with Gasteiger partial charge in [-0.1, -0.05) is 22.0 Å². The highest BCUT2D eigenvalue weighted by molar-refractivity contribution is 9.10. The van der Waals surface area contributed by atoms with Crippen LogP contribution in [0, 0.1) is 17.7 Å². The molecular weight excluding hydrogens is 257 g/mol. The van der Waals surface area contributed by atoms with Gasteiger partial charge in [-0.15, -0.1) is 11.8 Å². The lowest BCUT2D eigenvalue weighted by molar-refractivity contribution is 0.624. The van der Waals surface area contributed by atoms with E-state index in [-0.39, 0.29) is 5.82 Å². The third-order valence-corrected chi connectivity index (χ3v) is 2.67. The first-order valence-electron chi connectivity index (χ1n) is 4.78. The molecule has 15 heavy (non-hydrogen) atoms. The molecule has 1 aromatic rings. The molecule has 0 aromatic heterocycles. The Labute approximate surface area is 98.2 Å². The molecule has 0 radical (unpaired) electrons. The van der Waals surface area contributed by atoms with Crippen LogP contribution in [0.15, 0.2) is 22.7 Å². The van der Waals surface area contributed by atoms with Crippen molar-refractivity contribution in [2.24, 2.45) is 0 Å². The van der Waals surface area contributed by atoms with Crippen molar-refractivity contribution in [3.8, 4) is 11.8 Å². The number of hydrogen-bond donors (Lipinski definition) is 1. The van der Waals surface area contributed by atoms with Crippen LogP contribution in [0.5, 0.6) is 0 Å². The molecule has 0 unspecified atom stereocenters. The Kier molecular flexibility index (Phi) is 5.38. The molecule has 80 valence electrons. The summed E-state index contributed by atoms with van der Waals surface area (Å²) in [6, 6.07) is 4.72. The summed E-state index contributed by atoms with van der Waals surface area (Å²) < 4.78 is 13.6. The molecule has 0 heterocycles. The van der Waals surface area contributed by atoms with Crippen LogP contribution >= 0.6 is 15.9 Å². The van der Waals surface area contributed by atoms with Crippen molar-refractivity contribution in [3.05, 3.63) is 34.1 Å². The summed E-state index contributed by atoms with van der Waals surface area (Å²) >= 11 is 3.32. The van der Waals surface area contributed by atoms with Crippen molar-refractivity contribution < 1.29 is 4.39 Å². The van der Waals surface area contributed by atoms with Crippen LogP contribution in [0.2, 0.25) is 0 Å². The van der Waals surface area contributed by atoms with Gasteiger partial charge in [-0.3, -0.25) is 0 Å². The van der Waals surface area contributed by atoms with Crippen molar-refractivity contribution >= 4 is 15.9 Å². The van der Waals surface area contributed by atoms with E-state index < -0.39 is 0 Å². The zero-order valence-corrected chi connectivity index (χ0v) is 10.2. The Bertz CT molecular complexity index is 379. The van der Waals surface area contributed by atoms with E-state index in [1.807, 2.05) is 6.92 Å². The van der Waals surface area contributed by atoms with Gasteiger partial charge >= 0.3 is 0 Å². The Morgan fingerprint density at radius 2 is 2.27 bits per heavy atom. The lowest BCUT2D eigenvalue weighted by Gasteiger charge is -2.05. The summed E-state index contributed by atoms with van der Waals surface area (Å²) in [6.45, 7) is 3.41. The minimum Gasteiger partial charge on any atom is -0.312 e. The van der Waals surface area contributed by atoms with E-state index in [4.69, 9.17) is 0 Å². The lowest BCUT2D eigenvalue weighted by Crippen LogP contribution is -2.14. The van der Waals surface area contributed by atoms with E-state index in [1.165, 1.54) is 12.1 Å². The summed E-state index contributed by atoms with van der Waals surface area (Å²) in [5.74, 6) is 5.59. The monoisotopic (exact) mass is 269 g/mol. The highest BCUT2D eigenvalue weighted by Crippen LogP contribution is 2.17. The molecule has 0 atom stereocenters. The molecule has 0 bridgehead atoms. The smallest absolute Gasteiger partial charge is 0.124 e. The quantitative estimate of drug-likeness (QED) is 0.655. The minimum absolute atomic E-state index is 0.220. The molecule has 0 aliphatic carbocycles. The maximum Gasteiger partial charge on any atom is 0.124 e. The van der Waals surface area contributed by atoms with Gasteiger partial charge in [0.25, 0.3) is 0 Å². The van der Waals surface area contributed by atoms with E-state index in [2.05, 4.69) is 33.1 Å². The molecule has 0 aliphatic heterocycles. The van der Waals surface area contributed by atoms with Crippen molar-refractivity contribution in [1.29, 1.82) is 0 Å². The van der Waals surface area contributed by atoms with Crippen molar-refractivity contribution in [1.82, 2.24) is 5.32 Å². The number of benzene rings is 1. The molecular formula is C12H13BrFN. The first-order valence-corrected chi connectivity index (χ1v) is 5.57. The van der Waals surface area contributed by atoms with E-state index in [1.54, 1.807) is 6.07 Å². The standard InChI is InChI=1S/C12H13BrFN/c1-2-3-4-7-15-9-10-5-6-11(14)8-12(10)13/h5-6,8,15H,4,7,9H2,1H3.